The fourth-order valence-electron chi connectivity index (χ4n) is 2.10. The third kappa shape index (κ3) is 5.01. The van der Waals surface area contributed by atoms with E-state index in [1.54, 1.807) is 0 Å². The minimum atomic E-state index is -4.52. The summed E-state index contributed by atoms with van der Waals surface area (Å²) in [6.45, 7) is 6.62. The van der Waals surface area contributed by atoms with Crippen molar-refractivity contribution in [2.45, 2.75) is 51.4 Å². The van der Waals surface area contributed by atoms with Crippen molar-refractivity contribution in [3.8, 4) is 0 Å². The summed E-state index contributed by atoms with van der Waals surface area (Å²) in [7, 11) is 0. The topological polar surface area (TPSA) is 59.1 Å². The van der Waals surface area contributed by atoms with Crippen molar-refractivity contribution in [2.75, 3.05) is 23.8 Å². The molecule has 124 valence electrons. The molecule has 8 heteroatoms. The minimum Gasteiger partial charge on any atom is -0.376 e. The van der Waals surface area contributed by atoms with Crippen LogP contribution in [0.1, 0.15) is 39.3 Å². The maximum Gasteiger partial charge on any atom is 0.433 e. The van der Waals surface area contributed by atoms with Gasteiger partial charge in [-0.2, -0.15) is 18.2 Å². The first-order valence-corrected chi connectivity index (χ1v) is 7.23. The summed E-state index contributed by atoms with van der Waals surface area (Å²) < 4.78 is 44.3. The van der Waals surface area contributed by atoms with Crippen molar-refractivity contribution in [3.05, 3.63) is 11.8 Å². The highest BCUT2D eigenvalue weighted by molar-refractivity contribution is 5.44. The molecule has 0 radical (unpaired) electrons. The van der Waals surface area contributed by atoms with E-state index in [4.69, 9.17) is 4.74 Å². The second-order valence-corrected chi connectivity index (χ2v) is 6.35. The quantitative estimate of drug-likeness (QED) is 0.892. The van der Waals surface area contributed by atoms with E-state index in [-0.39, 0.29) is 17.9 Å². The SMILES string of the molecule is CC(C)(C)Nc1nc(NC[C@@H]2CCCO2)cc(C(F)(F)F)n1. The Morgan fingerprint density at radius 1 is 1.27 bits per heavy atom. The lowest BCUT2D eigenvalue weighted by Crippen LogP contribution is -2.28. The van der Waals surface area contributed by atoms with E-state index in [9.17, 15) is 13.2 Å². The lowest BCUT2D eigenvalue weighted by Gasteiger charge is -2.22. The average Bonchev–Trinajstić information content (AvgIpc) is 2.86. The lowest BCUT2D eigenvalue weighted by molar-refractivity contribution is -0.141. The third-order valence-electron chi connectivity index (χ3n) is 3.04. The van der Waals surface area contributed by atoms with Gasteiger partial charge in [0.2, 0.25) is 5.95 Å². The Morgan fingerprint density at radius 3 is 2.55 bits per heavy atom. The Labute approximate surface area is 127 Å². The highest BCUT2D eigenvalue weighted by Crippen LogP contribution is 2.30. The van der Waals surface area contributed by atoms with Crippen molar-refractivity contribution in [2.24, 2.45) is 0 Å². The molecule has 0 spiro atoms. The number of anilines is 2. The van der Waals surface area contributed by atoms with Gasteiger partial charge in [-0.05, 0) is 33.6 Å². The smallest absolute Gasteiger partial charge is 0.376 e. The predicted octanol–water partition coefficient (Wildman–Crippen LogP) is 3.30. The zero-order chi connectivity index (χ0) is 16.4. The van der Waals surface area contributed by atoms with E-state index in [2.05, 4.69) is 20.6 Å². The van der Waals surface area contributed by atoms with E-state index < -0.39 is 17.4 Å². The fourth-order valence-corrected chi connectivity index (χ4v) is 2.10. The first kappa shape index (κ1) is 16.8. The number of nitrogens with one attached hydrogen (secondary N) is 2. The first-order chi connectivity index (χ1) is 10.1. The standard InChI is InChI=1S/C14H21F3N4O/c1-13(2,3)21-12-19-10(14(15,16)17)7-11(20-12)18-8-9-5-4-6-22-9/h7,9H,4-6,8H2,1-3H3,(H2,18,19,20,21)/t9-/m0/s1. The van der Waals surface area contributed by atoms with Crippen LogP contribution in [0.15, 0.2) is 6.07 Å². The predicted molar refractivity (Wildman–Crippen MR) is 77.9 cm³/mol. The van der Waals surface area contributed by atoms with Crippen molar-refractivity contribution in [1.82, 2.24) is 9.97 Å². The number of alkyl halides is 3. The maximum atomic E-state index is 13.0. The number of nitrogens with zero attached hydrogens (tertiary/aromatic N) is 2. The highest BCUT2D eigenvalue weighted by Gasteiger charge is 2.34. The van der Waals surface area contributed by atoms with Gasteiger partial charge < -0.3 is 15.4 Å². The van der Waals surface area contributed by atoms with Gasteiger partial charge in [0.1, 0.15) is 5.82 Å². The highest BCUT2D eigenvalue weighted by atomic mass is 19.4. The molecule has 1 saturated heterocycles. The van der Waals surface area contributed by atoms with Crippen molar-refractivity contribution < 1.29 is 17.9 Å². The summed E-state index contributed by atoms with van der Waals surface area (Å²) in [6, 6.07) is 0.919. The van der Waals surface area contributed by atoms with Gasteiger partial charge in [-0.1, -0.05) is 0 Å². The number of aromatic nitrogens is 2. The Bertz CT molecular complexity index is 508. The summed E-state index contributed by atoms with van der Waals surface area (Å²) in [5.41, 5.74) is -1.40. The Morgan fingerprint density at radius 2 is 2.00 bits per heavy atom. The molecular weight excluding hydrogens is 297 g/mol. The van der Waals surface area contributed by atoms with E-state index >= 15 is 0 Å². The van der Waals surface area contributed by atoms with Crippen LogP contribution in [-0.4, -0.2) is 34.8 Å². The maximum absolute atomic E-state index is 13.0. The van der Waals surface area contributed by atoms with Crippen molar-refractivity contribution in [1.29, 1.82) is 0 Å². The normalized spacial score (nSPS) is 19.3. The molecule has 2 heterocycles. The Hall–Kier alpha value is -1.57. The lowest BCUT2D eigenvalue weighted by atomic mass is 10.1. The number of ether oxygens (including phenoxy) is 1. The molecular formula is C14H21F3N4O. The largest absolute Gasteiger partial charge is 0.433 e. The molecule has 0 unspecified atom stereocenters. The zero-order valence-corrected chi connectivity index (χ0v) is 12.9. The average molecular weight is 318 g/mol. The van der Waals surface area contributed by atoms with Crippen LogP contribution in [0.2, 0.25) is 0 Å². The molecule has 5 nitrogen and oxygen atoms in total. The third-order valence-corrected chi connectivity index (χ3v) is 3.04. The summed E-state index contributed by atoms with van der Waals surface area (Å²) >= 11 is 0. The van der Waals surface area contributed by atoms with E-state index in [0.717, 1.165) is 18.9 Å². The summed E-state index contributed by atoms with van der Waals surface area (Å²) in [4.78, 5) is 7.66. The van der Waals surface area contributed by atoms with Crippen LogP contribution in [0.3, 0.4) is 0 Å². The van der Waals surface area contributed by atoms with Crippen molar-refractivity contribution >= 4 is 11.8 Å². The van der Waals surface area contributed by atoms with Gasteiger partial charge >= 0.3 is 6.18 Å². The van der Waals surface area contributed by atoms with Crippen LogP contribution in [0.25, 0.3) is 0 Å². The molecule has 0 bridgehead atoms. The van der Waals surface area contributed by atoms with Gasteiger partial charge in [-0.25, -0.2) is 4.98 Å². The van der Waals surface area contributed by atoms with Crippen LogP contribution in [0.5, 0.6) is 0 Å². The summed E-state index contributed by atoms with van der Waals surface area (Å²) in [6.07, 6.45) is -2.63. The monoisotopic (exact) mass is 318 g/mol. The van der Waals surface area contributed by atoms with Gasteiger partial charge in [0.05, 0.1) is 6.10 Å². The Balaban J connectivity index is 2.17. The molecule has 1 aromatic heterocycles. The van der Waals surface area contributed by atoms with Gasteiger partial charge in [0.15, 0.2) is 5.69 Å². The van der Waals surface area contributed by atoms with Crippen molar-refractivity contribution in [3.63, 3.8) is 0 Å². The molecule has 22 heavy (non-hydrogen) atoms. The molecule has 1 fully saturated rings. The van der Waals surface area contributed by atoms with Gasteiger partial charge in [0.25, 0.3) is 0 Å². The van der Waals surface area contributed by atoms with E-state index in [1.807, 2.05) is 20.8 Å². The van der Waals surface area contributed by atoms with Crippen LogP contribution in [0.4, 0.5) is 24.9 Å². The van der Waals surface area contributed by atoms with E-state index in [0.29, 0.717) is 13.2 Å². The number of rotatable bonds is 4. The van der Waals surface area contributed by atoms with Gasteiger partial charge in [-0.15, -0.1) is 0 Å². The molecule has 0 saturated carbocycles. The second kappa shape index (κ2) is 6.28. The summed E-state index contributed by atoms with van der Waals surface area (Å²) in [5, 5.41) is 5.78. The number of hydrogen-bond acceptors (Lipinski definition) is 5. The molecule has 1 aromatic rings. The van der Waals surface area contributed by atoms with Gasteiger partial charge in [0, 0.05) is 24.8 Å². The molecule has 2 N–H and O–H groups in total. The molecule has 1 aliphatic rings. The van der Waals surface area contributed by atoms with Crippen LogP contribution in [-0.2, 0) is 10.9 Å². The Kier molecular flexibility index (Phi) is 4.79. The number of halogens is 3. The van der Waals surface area contributed by atoms with Crippen LogP contribution >= 0.6 is 0 Å². The molecule has 1 atom stereocenters. The zero-order valence-electron chi connectivity index (χ0n) is 12.9. The molecule has 0 aromatic carbocycles. The number of hydrogen-bond donors (Lipinski definition) is 2. The minimum absolute atomic E-state index is 0.0170. The second-order valence-electron chi connectivity index (χ2n) is 6.35. The molecule has 1 aliphatic heterocycles. The first-order valence-electron chi connectivity index (χ1n) is 7.23. The summed E-state index contributed by atoms with van der Waals surface area (Å²) in [5.74, 6) is 0.0988. The van der Waals surface area contributed by atoms with Crippen LogP contribution < -0.4 is 10.6 Å². The molecule has 0 aliphatic carbocycles. The van der Waals surface area contributed by atoms with E-state index in [1.165, 1.54) is 0 Å². The fraction of sp³-hybridized carbons (Fsp3) is 0.714. The van der Waals surface area contributed by atoms with Crippen LogP contribution in [0, 0.1) is 0 Å². The molecule has 0 amide bonds. The molecule has 2 rings (SSSR count). The van der Waals surface area contributed by atoms with Gasteiger partial charge in [-0.3, -0.25) is 0 Å².